The third-order valence-corrected chi connectivity index (χ3v) is 4.40. The maximum atomic E-state index is 11.9. The van der Waals surface area contributed by atoms with Crippen LogP contribution < -0.4 is 11.1 Å². The zero-order valence-corrected chi connectivity index (χ0v) is 12.4. The monoisotopic (exact) mass is 269 g/mol. The summed E-state index contributed by atoms with van der Waals surface area (Å²) in [5.41, 5.74) is 6.33. The molecule has 0 saturated carbocycles. The van der Waals surface area contributed by atoms with Gasteiger partial charge in [0.05, 0.1) is 5.01 Å². The Morgan fingerprint density at radius 3 is 2.56 bits per heavy atom. The number of thiazole rings is 1. The lowest BCUT2D eigenvalue weighted by Crippen LogP contribution is -2.49. The van der Waals surface area contributed by atoms with Gasteiger partial charge in [-0.05, 0) is 12.8 Å². The van der Waals surface area contributed by atoms with E-state index in [1.165, 1.54) is 11.3 Å². The maximum absolute atomic E-state index is 11.9. The SMILES string of the molecule is CCC(N)(CC)CNC(=O)c1csc(C(C)C)n1. The van der Waals surface area contributed by atoms with Gasteiger partial charge >= 0.3 is 0 Å². The standard InChI is InChI=1S/C13H23N3OS/c1-5-13(14,6-2)8-15-11(17)10-7-18-12(16-10)9(3)4/h7,9H,5-6,8,14H2,1-4H3,(H,15,17). The highest BCUT2D eigenvalue weighted by atomic mass is 32.1. The molecule has 5 heteroatoms. The molecule has 18 heavy (non-hydrogen) atoms. The Balaban J connectivity index is 2.60. The summed E-state index contributed by atoms with van der Waals surface area (Å²) in [6.45, 7) is 8.71. The Morgan fingerprint density at radius 1 is 1.50 bits per heavy atom. The van der Waals surface area contributed by atoms with Crippen molar-refractivity contribution in [3.05, 3.63) is 16.1 Å². The van der Waals surface area contributed by atoms with Crippen molar-refractivity contribution in [2.75, 3.05) is 6.54 Å². The second kappa shape index (κ2) is 6.29. The van der Waals surface area contributed by atoms with Crippen molar-refractivity contribution in [3.63, 3.8) is 0 Å². The van der Waals surface area contributed by atoms with Crippen LogP contribution in [0, 0.1) is 0 Å². The molecule has 0 fully saturated rings. The summed E-state index contributed by atoms with van der Waals surface area (Å²) in [6.07, 6.45) is 1.69. The van der Waals surface area contributed by atoms with Crippen molar-refractivity contribution < 1.29 is 4.79 Å². The third-order valence-electron chi connectivity index (χ3n) is 3.26. The van der Waals surface area contributed by atoms with E-state index in [0.717, 1.165) is 17.8 Å². The van der Waals surface area contributed by atoms with Gasteiger partial charge in [0.1, 0.15) is 5.69 Å². The normalized spacial score (nSPS) is 11.9. The summed E-state index contributed by atoms with van der Waals surface area (Å²) in [4.78, 5) is 16.3. The summed E-state index contributed by atoms with van der Waals surface area (Å²) >= 11 is 1.53. The van der Waals surface area contributed by atoms with Gasteiger partial charge in [-0.25, -0.2) is 4.98 Å². The first-order valence-electron chi connectivity index (χ1n) is 6.44. The lowest BCUT2D eigenvalue weighted by Gasteiger charge is -2.26. The van der Waals surface area contributed by atoms with Gasteiger partial charge in [0.15, 0.2) is 0 Å². The van der Waals surface area contributed by atoms with Crippen molar-refractivity contribution in [1.29, 1.82) is 0 Å². The van der Waals surface area contributed by atoms with E-state index in [4.69, 9.17) is 5.73 Å². The lowest BCUT2D eigenvalue weighted by atomic mass is 9.94. The first-order chi connectivity index (χ1) is 8.41. The number of rotatable bonds is 6. The Hall–Kier alpha value is -0.940. The largest absolute Gasteiger partial charge is 0.349 e. The molecular formula is C13H23N3OS. The Kier molecular flexibility index (Phi) is 5.28. The van der Waals surface area contributed by atoms with Crippen LogP contribution >= 0.6 is 11.3 Å². The molecule has 1 amide bonds. The van der Waals surface area contributed by atoms with Gasteiger partial charge in [0.2, 0.25) is 0 Å². The van der Waals surface area contributed by atoms with Crippen molar-refractivity contribution >= 4 is 17.2 Å². The molecule has 102 valence electrons. The predicted octanol–water partition coefficient (Wildman–Crippen LogP) is 2.51. The van der Waals surface area contributed by atoms with E-state index >= 15 is 0 Å². The Labute approximate surface area is 113 Å². The van der Waals surface area contributed by atoms with E-state index in [2.05, 4.69) is 24.1 Å². The molecule has 1 rings (SSSR count). The van der Waals surface area contributed by atoms with E-state index in [0.29, 0.717) is 18.2 Å². The quantitative estimate of drug-likeness (QED) is 0.834. The summed E-state index contributed by atoms with van der Waals surface area (Å²) in [5.74, 6) is 0.228. The minimum atomic E-state index is -0.313. The van der Waals surface area contributed by atoms with Crippen molar-refractivity contribution in [1.82, 2.24) is 10.3 Å². The number of nitrogens with one attached hydrogen (secondary N) is 1. The first kappa shape index (κ1) is 15.1. The molecule has 1 heterocycles. The molecule has 1 aromatic rings. The van der Waals surface area contributed by atoms with Crippen molar-refractivity contribution in [2.45, 2.75) is 52.0 Å². The average molecular weight is 269 g/mol. The second-order valence-electron chi connectivity index (χ2n) is 4.98. The molecule has 0 aliphatic heterocycles. The molecule has 0 saturated heterocycles. The van der Waals surface area contributed by atoms with Crippen LogP contribution in [0.3, 0.4) is 0 Å². The van der Waals surface area contributed by atoms with Crippen LogP contribution in [-0.2, 0) is 0 Å². The number of carbonyl (C=O) groups excluding carboxylic acids is 1. The minimum Gasteiger partial charge on any atom is -0.349 e. The Morgan fingerprint density at radius 2 is 2.11 bits per heavy atom. The van der Waals surface area contributed by atoms with Crippen LogP contribution in [-0.4, -0.2) is 23.0 Å². The van der Waals surface area contributed by atoms with Crippen LogP contribution in [0.15, 0.2) is 5.38 Å². The fourth-order valence-electron chi connectivity index (χ4n) is 1.50. The molecule has 0 atom stereocenters. The molecule has 0 unspecified atom stereocenters. The second-order valence-corrected chi connectivity index (χ2v) is 5.87. The maximum Gasteiger partial charge on any atom is 0.270 e. The van der Waals surface area contributed by atoms with Crippen molar-refractivity contribution in [3.8, 4) is 0 Å². The van der Waals surface area contributed by atoms with Crippen molar-refractivity contribution in [2.24, 2.45) is 5.73 Å². The summed E-state index contributed by atoms with van der Waals surface area (Å²) in [6, 6.07) is 0. The number of hydrogen-bond donors (Lipinski definition) is 2. The molecule has 4 nitrogen and oxygen atoms in total. The average Bonchev–Trinajstić information content (AvgIpc) is 2.85. The van der Waals surface area contributed by atoms with Crippen LogP contribution in [0.4, 0.5) is 0 Å². The number of amides is 1. The summed E-state index contributed by atoms with van der Waals surface area (Å²) in [7, 11) is 0. The van der Waals surface area contributed by atoms with Gasteiger partial charge in [0.25, 0.3) is 5.91 Å². The number of aromatic nitrogens is 1. The first-order valence-corrected chi connectivity index (χ1v) is 7.32. The highest BCUT2D eigenvalue weighted by molar-refractivity contribution is 7.09. The van der Waals surface area contributed by atoms with Gasteiger partial charge < -0.3 is 11.1 Å². The van der Waals surface area contributed by atoms with Gasteiger partial charge in [-0.1, -0.05) is 27.7 Å². The smallest absolute Gasteiger partial charge is 0.270 e. The molecule has 0 aromatic carbocycles. The molecule has 0 spiro atoms. The number of hydrogen-bond acceptors (Lipinski definition) is 4. The van der Waals surface area contributed by atoms with E-state index in [1.54, 1.807) is 5.38 Å². The van der Waals surface area contributed by atoms with Crippen LogP contribution in [0.2, 0.25) is 0 Å². The topological polar surface area (TPSA) is 68.0 Å². The molecule has 3 N–H and O–H groups in total. The summed E-state index contributed by atoms with van der Waals surface area (Å²) in [5, 5.41) is 5.67. The number of nitrogens with two attached hydrogens (primary N) is 1. The third kappa shape index (κ3) is 3.78. The molecule has 0 aliphatic carbocycles. The molecule has 1 aromatic heterocycles. The predicted molar refractivity (Wildman–Crippen MR) is 76.0 cm³/mol. The highest BCUT2D eigenvalue weighted by Gasteiger charge is 2.22. The molecular weight excluding hydrogens is 246 g/mol. The molecule has 0 bridgehead atoms. The number of carbonyl (C=O) groups is 1. The van der Waals surface area contributed by atoms with Crippen LogP contribution in [0.5, 0.6) is 0 Å². The fraction of sp³-hybridized carbons (Fsp3) is 0.692. The summed E-state index contributed by atoms with van der Waals surface area (Å²) < 4.78 is 0. The van der Waals surface area contributed by atoms with Crippen LogP contribution in [0.1, 0.15) is 62.0 Å². The highest BCUT2D eigenvalue weighted by Crippen LogP contribution is 2.19. The molecule has 0 radical (unpaired) electrons. The zero-order chi connectivity index (χ0) is 13.8. The zero-order valence-electron chi connectivity index (χ0n) is 11.6. The van der Waals surface area contributed by atoms with Gasteiger partial charge in [-0.2, -0.15) is 0 Å². The van der Waals surface area contributed by atoms with Gasteiger partial charge in [-0.15, -0.1) is 11.3 Å². The van der Waals surface area contributed by atoms with Gasteiger partial charge in [0, 0.05) is 23.4 Å². The van der Waals surface area contributed by atoms with Crippen LogP contribution in [0.25, 0.3) is 0 Å². The van der Waals surface area contributed by atoms with E-state index in [1.807, 2.05) is 13.8 Å². The fourth-order valence-corrected chi connectivity index (χ4v) is 2.32. The van der Waals surface area contributed by atoms with E-state index < -0.39 is 0 Å². The Bertz CT molecular complexity index is 397. The van der Waals surface area contributed by atoms with E-state index in [9.17, 15) is 4.79 Å². The minimum absolute atomic E-state index is 0.130. The van der Waals surface area contributed by atoms with Gasteiger partial charge in [-0.3, -0.25) is 4.79 Å². The van der Waals surface area contributed by atoms with E-state index in [-0.39, 0.29) is 11.4 Å². The molecule has 0 aliphatic rings. The lowest BCUT2D eigenvalue weighted by molar-refractivity contribution is 0.0937. The number of nitrogens with zero attached hydrogens (tertiary/aromatic N) is 1.